The number of halogens is 7. The molecule has 7 rings (SSSR count). The zero-order valence-electron chi connectivity index (χ0n) is 22.9. The maximum absolute atomic E-state index is 14.2. The number of carbonyl (C=O) groups excluding carboxylic acids is 3. The molecule has 5 heterocycles. The van der Waals surface area contributed by atoms with Crippen molar-refractivity contribution in [3.63, 3.8) is 0 Å². The Morgan fingerprint density at radius 2 is 1.64 bits per heavy atom. The normalized spacial score (nSPS) is 20.1. The average Bonchev–Trinajstić information content (AvgIpc) is 3.56. The molecule has 0 atom stereocenters. The Hall–Kier alpha value is -4.73. The highest BCUT2D eigenvalue weighted by atomic mass is 19.4. The number of carbonyl (C=O) groups is 3. The Labute approximate surface area is 248 Å². The smallest absolute Gasteiger partial charge is 0.345 e. The average molecular weight is 635 g/mol. The molecule has 2 amide bonds. The van der Waals surface area contributed by atoms with Crippen molar-refractivity contribution in [3.05, 3.63) is 71.3 Å². The molecule has 1 aromatic carbocycles. The number of rotatable bonds is 2. The zero-order valence-corrected chi connectivity index (χ0v) is 22.9. The number of imidazole rings is 1. The Balaban J connectivity index is 1.37. The van der Waals surface area contributed by atoms with Crippen LogP contribution in [0.3, 0.4) is 0 Å². The van der Waals surface area contributed by atoms with Crippen LogP contribution in [0, 0.1) is 0 Å². The number of Topliss-reactive ketones (excluding diaryl/α,β-unsaturated/α-hetero) is 2. The Kier molecular flexibility index (Phi) is 6.21. The number of urea groups is 1. The fraction of sp³-hybridized carbons (Fsp3) is 0.310. The molecule has 45 heavy (non-hydrogen) atoms. The molecule has 1 aliphatic carbocycles. The lowest BCUT2D eigenvalue weighted by molar-refractivity contribution is -0.400. The first-order chi connectivity index (χ1) is 21.1. The van der Waals surface area contributed by atoms with Gasteiger partial charge in [0.15, 0.2) is 11.6 Å². The number of aromatic nitrogens is 3. The van der Waals surface area contributed by atoms with E-state index in [1.165, 1.54) is 17.0 Å². The van der Waals surface area contributed by atoms with Crippen LogP contribution in [0.25, 0.3) is 27.7 Å². The third-order valence-electron chi connectivity index (χ3n) is 8.01. The van der Waals surface area contributed by atoms with Gasteiger partial charge in [-0.05, 0) is 29.8 Å². The highest BCUT2D eigenvalue weighted by Crippen LogP contribution is 2.43. The van der Waals surface area contributed by atoms with E-state index >= 15 is 0 Å². The number of nitrogens with zero attached hydrogens (tertiary/aromatic N) is 5. The Bertz CT molecular complexity index is 1960. The van der Waals surface area contributed by atoms with Gasteiger partial charge in [-0.1, -0.05) is 6.07 Å². The van der Waals surface area contributed by atoms with E-state index in [1.54, 1.807) is 28.8 Å². The lowest BCUT2D eigenvalue weighted by Crippen LogP contribution is -2.59. The van der Waals surface area contributed by atoms with E-state index < -0.39 is 67.6 Å². The van der Waals surface area contributed by atoms with Crippen LogP contribution >= 0.6 is 0 Å². The van der Waals surface area contributed by atoms with Gasteiger partial charge in [0.05, 0.1) is 35.0 Å². The molecule has 4 aromatic rings. The number of hydrogen-bond donors (Lipinski definition) is 0. The van der Waals surface area contributed by atoms with Crippen LogP contribution < -0.4 is 0 Å². The van der Waals surface area contributed by atoms with Crippen molar-refractivity contribution in [1.82, 2.24) is 23.8 Å². The molecule has 9 nitrogen and oxygen atoms in total. The molecule has 3 aliphatic rings. The van der Waals surface area contributed by atoms with Crippen molar-refractivity contribution in [2.45, 2.75) is 37.9 Å². The summed E-state index contributed by atoms with van der Waals surface area (Å²) in [6.45, 7) is -3.81. The van der Waals surface area contributed by atoms with Gasteiger partial charge < -0.3 is 14.4 Å². The van der Waals surface area contributed by atoms with Gasteiger partial charge in [0, 0.05) is 48.6 Å². The fourth-order valence-electron chi connectivity index (χ4n) is 6.26. The highest BCUT2D eigenvalue weighted by molar-refractivity contribution is 6.51. The number of benzene rings is 1. The van der Waals surface area contributed by atoms with Gasteiger partial charge in [0.25, 0.3) is 0 Å². The minimum absolute atomic E-state index is 0.000232. The zero-order chi connectivity index (χ0) is 32.1. The molecule has 0 unspecified atom stereocenters. The molecule has 0 N–H and O–H groups in total. The maximum Gasteiger partial charge on any atom is 0.416 e. The number of allylic oxidation sites excluding steroid dienone is 2. The summed E-state index contributed by atoms with van der Waals surface area (Å²) >= 11 is 0. The summed E-state index contributed by atoms with van der Waals surface area (Å²) in [5.74, 6) is -1.13. The standard InChI is InChI=1S/C29H20F7N5O4/c30-27(31)13-40(14-28(32,33)45-27)26(44)39-6-5-38-12-18(17-8-16(29(34,35)36)7-15(11-39)25(17)38)23-20(42)9-21(43)24(23)19-10-37-22-3-1-2-4-41(19)22/h1-4,7-8,10,12H,5-6,9,11,13-14H2. The lowest BCUT2D eigenvalue weighted by Gasteiger charge is -2.39. The van der Waals surface area contributed by atoms with Crippen molar-refractivity contribution in [2.24, 2.45) is 0 Å². The van der Waals surface area contributed by atoms with Crippen LogP contribution in [0.4, 0.5) is 35.5 Å². The van der Waals surface area contributed by atoms with Gasteiger partial charge >= 0.3 is 24.4 Å². The van der Waals surface area contributed by atoms with Crippen molar-refractivity contribution < 1.29 is 49.9 Å². The first-order valence-electron chi connectivity index (χ1n) is 13.6. The monoisotopic (exact) mass is 635 g/mol. The highest BCUT2D eigenvalue weighted by Gasteiger charge is 2.53. The van der Waals surface area contributed by atoms with Crippen LogP contribution in [-0.4, -0.2) is 73.2 Å². The topological polar surface area (TPSA) is 89.2 Å². The minimum Gasteiger partial charge on any atom is -0.345 e. The molecule has 234 valence electrons. The van der Waals surface area contributed by atoms with Gasteiger partial charge in [-0.15, -0.1) is 0 Å². The summed E-state index contributed by atoms with van der Waals surface area (Å²) in [7, 11) is 0. The number of fused-ring (bicyclic) bond motifs is 1. The molecule has 0 spiro atoms. The number of alkyl halides is 7. The summed E-state index contributed by atoms with van der Waals surface area (Å²) < 4.78 is 105. The van der Waals surface area contributed by atoms with Gasteiger partial charge in [0.1, 0.15) is 18.7 Å². The van der Waals surface area contributed by atoms with Gasteiger partial charge in [-0.25, -0.2) is 9.78 Å². The second-order valence-electron chi connectivity index (χ2n) is 11.0. The molecule has 2 aliphatic heterocycles. The molecule has 3 aromatic heterocycles. The number of amides is 2. The molecular formula is C29H20F7N5O4. The van der Waals surface area contributed by atoms with Crippen LogP contribution in [-0.2, 0) is 33.6 Å². The molecule has 0 saturated carbocycles. The molecule has 0 bridgehead atoms. The number of ketones is 2. The number of ether oxygens (including phenoxy) is 1. The van der Waals surface area contributed by atoms with Crippen LogP contribution in [0.5, 0.6) is 0 Å². The first kappa shape index (κ1) is 29.0. The van der Waals surface area contributed by atoms with Crippen LogP contribution in [0.1, 0.15) is 28.8 Å². The Morgan fingerprint density at radius 1 is 0.933 bits per heavy atom. The third-order valence-corrected chi connectivity index (χ3v) is 8.01. The van der Waals surface area contributed by atoms with E-state index in [9.17, 15) is 45.1 Å². The molecule has 16 heteroatoms. The summed E-state index contributed by atoms with van der Waals surface area (Å²) in [4.78, 5) is 45.1. The van der Waals surface area contributed by atoms with E-state index in [0.717, 1.165) is 17.0 Å². The summed E-state index contributed by atoms with van der Waals surface area (Å²) in [6, 6.07) is 5.49. The number of pyridine rings is 1. The number of morpholine rings is 1. The summed E-state index contributed by atoms with van der Waals surface area (Å²) in [5.41, 5.74) is -0.220. The lowest BCUT2D eigenvalue weighted by atomic mass is 9.96. The summed E-state index contributed by atoms with van der Waals surface area (Å²) in [5, 5.41) is -0.0251. The quantitative estimate of drug-likeness (QED) is 0.223. The predicted octanol–water partition coefficient (Wildman–Crippen LogP) is 5.21. The van der Waals surface area contributed by atoms with E-state index in [-0.39, 0.29) is 56.9 Å². The van der Waals surface area contributed by atoms with E-state index in [4.69, 9.17) is 0 Å². The van der Waals surface area contributed by atoms with E-state index in [0.29, 0.717) is 5.65 Å². The van der Waals surface area contributed by atoms with Gasteiger partial charge in [0.2, 0.25) is 0 Å². The molecule has 0 radical (unpaired) electrons. The SMILES string of the molecule is O=C1CC(=O)C(c2cnc3ccccn23)=C1c1cn2c3c(cc(C(F)(F)F)cc13)CN(C(=O)N1CC(F)(F)OC(F)(F)C1)CC2. The van der Waals surface area contributed by atoms with Crippen molar-refractivity contribution in [2.75, 3.05) is 19.6 Å². The van der Waals surface area contributed by atoms with Gasteiger partial charge in [-0.2, -0.15) is 30.7 Å². The van der Waals surface area contributed by atoms with E-state index in [1.807, 2.05) is 0 Å². The van der Waals surface area contributed by atoms with Crippen molar-refractivity contribution in [3.8, 4) is 0 Å². The molecule has 1 fully saturated rings. The van der Waals surface area contributed by atoms with Crippen LogP contribution in [0.2, 0.25) is 0 Å². The van der Waals surface area contributed by atoms with Crippen molar-refractivity contribution >= 4 is 45.3 Å². The summed E-state index contributed by atoms with van der Waals surface area (Å²) in [6.07, 6.45) is -9.62. The maximum atomic E-state index is 14.2. The predicted molar refractivity (Wildman–Crippen MR) is 142 cm³/mol. The first-order valence-corrected chi connectivity index (χ1v) is 13.6. The second-order valence-corrected chi connectivity index (χ2v) is 11.0. The van der Waals surface area contributed by atoms with Crippen LogP contribution in [0.15, 0.2) is 48.9 Å². The Morgan fingerprint density at radius 3 is 2.36 bits per heavy atom. The third kappa shape index (κ3) is 4.83. The van der Waals surface area contributed by atoms with Crippen molar-refractivity contribution in [1.29, 1.82) is 0 Å². The second kappa shape index (κ2) is 9.63. The van der Waals surface area contributed by atoms with Gasteiger partial charge in [-0.3, -0.25) is 18.7 Å². The van der Waals surface area contributed by atoms with E-state index in [2.05, 4.69) is 9.72 Å². The molecule has 1 saturated heterocycles. The largest absolute Gasteiger partial charge is 0.416 e. The number of hydrogen-bond acceptors (Lipinski definition) is 5. The minimum atomic E-state index is -4.88. The fourth-order valence-corrected chi connectivity index (χ4v) is 6.26. The molecular weight excluding hydrogens is 615 g/mol.